The van der Waals surface area contributed by atoms with Crippen molar-refractivity contribution in [2.45, 2.75) is 19.5 Å². The molecule has 1 heterocycles. The van der Waals surface area contributed by atoms with Gasteiger partial charge in [-0.2, -0.15) is 0 Å². The molecule has 1 atom stereocenters. The Bertz CT molecular complexity index is 585. The molecule has 0 aliphatic rings. The standard InChI is InChI=1S/C13H14BrN3OS/c1-8(9-4-2-3-5-10(9)14)16-13(18)11-7-19-12(6-15)17-11/h2-5,7-8H,6,15H2,1H3,(H,16,18). The number of nitrogens with one attached hydrogen (secondary N) is 1. The first kappa shape index (κ1) is 14.2. The van der Waals surface area contributed by atoms with E-state index >= 15 is 0 Å². The lowest BCUT2D eigenvalue weighted by atomic mass is 10.1. The summed E-state index contributed by atoms with van der Waals surface area (Å²) in [7, 11) is 0. The van der Waals surface area contributed by atoms with Crippen molar-refractivity contribution in [1.29, 1.82) is 0 Å². The summed E-state index contributed by atoms with van der Waals surface area (Å²) >= 11 is 4.87. The third-order valence-corrected chi connectivity index (χ3v) is 4.27. The zero-order valence-electron chi connectivity index (χ0n) is 10.4. The Labute approximate surface area is 124 Å². The summed E-state index contributed by atoms with van der Waals surface area (Å²) in [6, 6.07) is 7.72. The van der Waals surface area contributed by atoms with Crippen molar-refractivity contribution in [3.8, 4) is 0 Å². The predicted molar refractivity (Wildman–Crippen MR) is 80.0 cm³/mol. The van der Waals surface area contributed by atoms with Gasteiger partial charge in [-0.25, -0.2) is 4.98 Å². The highest BCUT2D eigenvalue weighted by molar-refractivity contribution is 9.10. The van der Waals surface area contributed by atoms with Gasteiger partial charge < -0.3 is 11.1 Å². The van der Waals surface area contributed by atoms with E-state index in [1.165, 1.54) is 11.3 Å². The SMILES string of the molecule is CC(NC(=O)c1csc(CN)n1)c1ccccc1Br. The molecule has 100 valence electrons. The number of thiazole rings is 1. The van der Waals surface area contributed by atoms with Crippen molar-refractivity contribution in [3.63, 3.8) is 0 Å². The van der Waals surface area contributed by atoms with E-state index in [0.29, 0.717) is 12.2 Å². The van der Waals surface area contributed by atoms with E-state index in [1.54, 1.807) is 5.38 Å². The van der Waals surface area contributed by atoms with Gasteiger partial charge in [-0.05, 0) is 18.6 Å². The molecule has 2 aromatic rings. The van der Waals surface area contributed by atoms with Gasteiger partial charge in [0.25, 0.3) is 5.91 Å². The molecule has 6 heteroatoms. The second kappa shape index (κ2) is 6.27. The number of benzene rings is 1. The molecule has 1 aromatic heterocycles. The summed E-state index contributed by atoms with van der Waals surface area (Å²) in [5.74, 6) is -0.181. The number of rotatable bonds is 4. The molecule has 0 spiro atoms. The zero-order chi connectivity index (χ0) is 13.8. The van der Waals surface area contributed by atoms with Crippen molar-refractivity contribution >= 4 is 33.2 Å². The summed E-state index contributed by atoms with van der Waals surface area (Å²) in [6.07, 6.45) is 0. The van der Waals surface area contributed by atoms with Gasteiger partial charge in [0.15, 0.2) is 0 Å². The number of carbonyl (C=O) groups excluding carboxylic acids is 1. The number of hydrogen-bond donors (Lipinski definition) is 2. The third kappa shape index (κ3) is 3.40. The minimum Gasteiger partial charge on any atom is -0.344 e. The average Bonchev–Trinajstić information content (AvgIpc) is 2.88. The van der Waals surface area contributed by atoms with Crippen LogP contribution in [0.25, 0.3) is 0 Å². The first-order valence-corrected chi connectivity index (χ1v) is 7.49. The van der Waals surface area contributed by atoms with Crippen molar-refractivity contribution < 1.29 is 4.79 Å². The van der Waals surface area contributed by atoms with Crippen LogP contribution in [-0.4, -0.2) is 10.9 Å². The number of halogens is 1. The Balaban J connectivity index is 2.08. The van der Waals surface area contributed by atoms with Gasteiger partial charge in [0.05, 0.1) is 6.04 Å². The molecule has 3 N–H and O–H groups in total. The molecular weight excluding hydrogens is 326 g/mol. The van der Waals surface area contributed by atoms with E-state index < -0.39 is 0 Å². The minimum absolute atomic E-state index is 0.0916. The highest BCUT2D eigenvalue weighted by Gasteiger charge is 2.15. The molecule has 0 aliphatic carbocycles. The van der Waals surface area contributed by atoms with E-state index in [9.17, 15) is 4.79 Å². The average molecular weight is 340 g/mol. The fourth-order valence-corrected chi connectivity index (χ4v) is 2.97. The van der Waals surface area contributed by atoms with Crippen LogP contribution in [0.1, 0.15) is 34.0 Å². The Morgan fingerprint density at radius 1 is 1.53 bits per heavy atom. The summed E-state index contributed by atoms with van der Waals surface area (Å²) in [4.78, 5) is 16.2. The van der Waals surface area contributed by atoms with Gasteiger partial charge >= 0.3 is 0 Å². The number of aromatic nitrogens is 1. The molecule has 0 radical (unpaired) electrons. The summed E-state index contributed by atoms with van der Waals surface area (Å²) in [6.45, 7) is 2.30. The van der Waals surface area contributed by atoms with Gasteiger partial charge in [-0.3, -0.25) is 4.79 Å². The van der Waals surface area contributed by atoms with Gasteiger partial charge in [-0.1, -0.05) is 34.1 Å². The van der Waals surface area contributed by atoms with Gasteiger partial charge in [-0.15, -0.1) is 11.3 Å². The monoisotopic (exact) mass is 339 g/mol. The predicted octanol–water partition coefficient (Wildman–Crippen LogP) is 2.86. The van der Waals surface area contributed by atoms with Crippen LogP contribution in [0.4, 0.5) is 0 Å². The van der Waals surface area contributed by atoms with Crippen LogP contribution in [0.2, 0.25) is 0 Å². The van der Waals surface area contributed by atoms with Crippen LogP contribution >= 0.6 is 27.3 Å². The third-order valence-electron chi connectivity index (χ3n) is 2.68. The molecule has 2 rings (SSSR count). The molecule has 0 aliphatic heterocycles. The van der Waals surface area contributed by atoms with Gasteiger partial charge in [0, 0.05) is 16.4 Å². The number of amides is 1. The lowest BCUT2D eigenvalue weighted by Crippen LogP contribution is -2.27. The first-order valence-electron chi connectivity index (χ1n) is 5.81. The topological polar surface area (TPSA) is 68.0 Å². The number of hydrogen-bond acceptors (Lipinski definition) is 4. The van der Waals surface area contributed by atoms with Crippen molar-refractivity contribution in [2.75, 3.05) is 0 Å². The molecule has 1 amide bonds. The summed E-state index contributed by atoms with van der Waals surface area (Å²) in [5.41, 5.74) is 6.94. The van der Waals surface area contributed by atoms with Crippen LogP contribution in [-0.2, 0) is 6.54 Å². The van der Waals surface area contributed by atoms with Crippen LogP contribution in [0.5, 0.6) is 0 Å². The molecule has 19 heavy (non-hydrogen) atoms. The Hall–Kier alpha value is -1.24. The normalized spacial score (nSPS) is 12.2. The van der Waals surface area contributed by atoms with E-state index in [-0.39, 0.29) is 11.9 Å². The molecule has 4 nitrogen and oxygen atoms in total. The minimum atomic E-state index is -0.181. The molecule has 0 saturated carbocycles. The number of nitrogens with two attached hydrogens (primary N) is 1. The lowest BCUT2D eigenvalue weighted by Gasteiger charge is -2.14. The van der Waals surface area contributed by atoms with E-state index in [2.05, 4.69) is 26.2 Å². The largest absolute Gasteiger partial charge is 0.344 e. The number of carbonyl (C=O) groups is 1. The van der Waals surface area contributed by atoms with Crippen molar-refractivity contribution in [3.05, 3.63) is 50.4 Å². The second-order valence-electron chi connectivity index (χ2n) is 4.05. The molecule has 0 bridgehead atoms. The maximum absolute atomic E-state index is 12.0. The van der Waals surface area contributed by atoms with E-state index in [4.69, 9.17) is 5.73 Å². The van der Waals surface area contributed by atoms with Crippen LogP contribution < -0.4 is 11.1 Å². The van der Waals surface area contributed by atoms with Crippen molar-refractivity contribution in [2.24, 2.45) is 5.73 Å². The molecule has 0 saturated heterocycles. The second-order valence-corrected chi connectivity index (χ2v) is 5.84. The summed E-state index contributed by atoms with van der Waals surface area (Å²) in [5, 5.41) is 5.41. The Kier molecular flexibility index (Phi) is 4.68. The van der Waals surface area contributed by atoms with Crippen LogP contribution in [0, 0.1) is 0 Å². The van der Waals surface area contributed by atoms with Crippen LogP contribution in [0.3, 0.4) is 0 Å². The maximum Gasteiger partial charge on any atom is 0.271 e. The highest BCUT2D eigenvalue weighted by atomic mass is 79.9. The highest BCUT2D eigenvalue weighted by Crippen LogP contribution is 2.23. The Morgan fingerprint density at radius 2 is 2.26 bits per heavy atom. The van der Waals surface area contributed by atoms with Crippen molar-refractivity contribution in [1.82, 2.24) is 10.3 Å². The van der Waals surface area contributed by atoms with E-state index in [1.807, 2.05) is 31.2 Å². The zero-order valence-corrected chi connectivity index (χ0v) is 12.8. The summed E-state index contributed by atoms with van der Waals surface area (Å²) < 4.78 is 0.976. The van der Waals surface area contributed by atoms with E-state index in [0.717, 1.165) is 15.0 Å². The van der Waals surface area contributed by atoms with Gasteiger partial charge in [0.2, 0.25) is 0 Å². The molecule has 1 aromatic carbocycles. The number of nitrogens with zero attached hydrogens (tertiary/aromatic N) is 1. The maximum atomic E-state index is 12.0. The fourth-order valence-electron chi connectivity index (χ4n) is 1.68. The molecule has 1 unspecified atom stereocenters. The first-order chi connectivity index (χ1) is 9.11. The van der Waals surface area contributed by atoms with Gasteiger partial charge in [0.1, 0.15) is 10.7 Å². The lowest BCUT2D eigenvalue weighted by molar-refractivity contribution is 0.0935. The fraction of sp³-hybridized carbons (Fsp3) is 0.231. The smallest absolute Gasteiger partial charge is 0.271 e. The Morgan fingerprint density at radius 3 is 2.89 bits per heavy atom. The molecule has 0 fully saturated rings. The quantitative estimate of drug-likeness (QED) is 0.899. The molecular formula is C13H14BrN3OS. The van der Waals surface area contributed by atoms with Crippen LogP contribution in [0.15, 0.2) is 34.1 Å².